The van der Waals surface area contributed by atoms with E-state index in [1.807, 2.05) is 72.8 Å². The van der Waals surface area contributed by atoms with Gasteiger partial charge < -0.3 is 14.3 Å². The number of ether oxygens (including phenoxy) is 1. The fraction of sp³-hybridized carbons (Fsp3) is 0.176. The minimum Gasteiger partial charge on any atom is -0.497 e. The van der Waals surface area contributed by atoms with Crippen molar-refractivity contribution in [3.8, 4) is 62.1 Å². The second kappa shape index (κ2) is 17.2. The fourth-order valence-electron chi connectivity index (χ4n) is 8.14. The van der Waals surface area contributed by atoms with Crippen molar-refractivity contribution < 1.29 is 30.2 Å². The Morgan fingerprint density at radius 3 is 1.80 bits per heavy atom. The smallest absolute Gasteiger partial charge is 0.497 e. The van der Waals surface area contributed by atoms with E-state index in [-0.39, 0.29) is 21.1 Å². The van der Waals surface area contributed by atoms with Crippen molar-refractivity contribution >= 4 is 27.2 Å². The molecule has 298 valence electrons. The van der Waals surface area contributed by atoms with Gasteiger partial charge in [-0.2, -0.15) is 0 Å². The Morgan fingerprint density at radius 2 is 1.19 bits per heavy atom. The quantitative estimate of drug-likeness (QED) is 0.0904. The van der Waals surface area contributed by atoms with Gasteiger partial charge in [-0.05, 0) is 47.1 Å². The Bertz CT molecular complexity index is 2620. The van der Waals surface area contributed by atoms with Crippen molar-refractivity contribution in [3.05, 3.63) is 176 Å². The number of hydrogen-bond acceptors (Lipinski definition) is 3. The third-order valence-electron chi connectivity index (χ3n) is 10.1. The molecular formula is C51H48FN3OPtSi2. The van der Waals surface area contributed by atoms with Crippen LogP contribution in [0.1, 0.15) is 5.56 Å². The topological polar surface area (TPSA) is 39.9 Å². The third-order valence-corrected chi connectivity index (χ3v) is 13.4. The van der Waals surface area contributed by atoms with Gasteiger partial charge in [0.05, 0.1) is 22.5 Å². The van der Waals surface area contributed by atoms with Crippen molar-refractivity contribution in [2.75, 3.05) is 0 Å². The van der Waals surface area contributed by atoms with Crippen LogP contribution in [-0.2, 0) is 26.7 Å². The summed E-state index contributed by atoms with van der Waals surface area (Å²) in [6.07, 6.45) is 1.76. The number of imidazole rings is 1. The summed E-state index contributed by atoms with van der Waals surface area (Å²) < 4.78 is 26.7. The van der Waals surface area contributed by atoms with Crippen molar-refractivity contribution in [1.29, 1.82) is 0 Å². The minimum absolute atomic E-state index is 0. The van der Waals surface area contributed by atoms with Crippen LogP contribution in [0.15, 0.2) is 158 Å². The molecule has 8 aromatic rings. The van der Waals surface area contributed by atoms with Gasteiger partial charge in [0, 0.05) is 45.0 Å². The van der Waals surface area contributed by atoms with Crippen LogP contribution < -0.4 is 4.74 Å². The molecule has 0 bridgehead atoms. The largest absolute Gasteiger partial charge is 2.00 e. The van der Waals surface area contributed by atoms with Gasteiger partial charge in [-0.15, -0.1) is 35.4 Å². The molecular weight excluding hydrogens is 941 g/mol. The molecule has 0 amide bonds. The maximum atomic E-state index is 17.8. The van der Waals surface area contributed by atoms with Crippen LogP contribution in [0.2, 0.25) is 51.4 Å². The molecule has 4 nitrogen and oxygen atoms in total. The molecule has 0 atom stereocenters. The van der Waals surface area contributed by atoms with Gasteiger partial charge in [0.1, 0.15) is 5.67 Å². The van der Waals surface area contributed by atoms with E-state index in [2.05, 4.69) is 140 Å². The van der Waals surface area contributed by atoms with E-state index in [0.717, 1.165) is 56.1 Å². The van der Waals surface area contributed by atoms with Crippen LogP contribution in [-0.4, -0.2) is 30.7 Å². The van der Waals surface area contributed by atoms with Gasteiger partial charge in [0.15, 0.2) is 0 Å². The summed E-state index contributed by atoms with van der Waals surface area (Å²) >= 11 is 0. The van der Waals surface area contributed by atoms with Crippen LogP contribution in [0.25, 0.3) is 61.6 Å². The average molecular weight is 989 g/mol. The van der Waals surface area contributed by atoms with Crippen molar-refractivity contribution in [1.82, 2.24) is 14.5 Å². The summed E-state index contributed by atoms with van der Waals surface area (Å²) in [4.78, 5) is 9.89. The fourth-order valence-corrected chi connectivity index (χ4v) is 12.4. The van der Waals surface area contributed by atoms with Gasteiger partial charge in [-0.25, -0.2) is 4.39 Å². The molecule has 0 spiro atoms. The van der Waals surface area contributed by atoms with Crippen LogP contribution in [0.4, 0.5) is 4.39 Å². The van der Waals surface area contributed by atoms with E-state index < -0.39 is 21.8 Å². The summed E-state index contributed by atoms with van der Waals surface area (Å²) in [5.41, 5.74) is 8.52. The number of halogens is 1. The van der Waals surface area contributed by atoms with Crippen molar-refractivity contribution in [2.45, 2.75) is 57.0 Å². The van der Waals surface area contributed by atoms with Crippen molar-refractivity contribution in [3.63, 3.8) is 0 Å². The first-order valence-electron chi connectivity index (χ1n) is 19.9. The summed E-state index contributed by atoms with van der Waals surface area (Å²) in [5.74, 6) is 1.64. The van der Waals surface area contributed by atoms with E-state index in [0.29, 0.717) is 34.7 Å². The Balaban J connectivity index is 0.00000528. The predicted octanol–water partition coefficient (Wildman–Crippen LogP) is 14.3. The maximum absolute atomic E-state index is 17.8. The number of alkyl halides is 1. The predicted molar refractivity (Wildman–Crippen MR) is 244 cm³/mol. The van der Waals surface area contributed by atoms with E-state index in [4.69, 9.17) is 9.72 Å². The summed E-state index contributed by atoms with van der Waals surface area (Å²) in [6, 6.07) is 59.2. The molecule has 6 aromatic carbocycles. The molecule has 0 unspecified atom stereocenters. The standard InChI is InChI=1S/C51H48FN3OSi2.Pt/c1-57(2,3)35-51(52,36-58(4,5)6)41-31-40(46-27-15-16-30-53-46)33-43(34-41)56-42-24-17-23-39(32-42)50-54-47-28-13-14-29-48(47)55(50)49-44(37-19-9-7-10-20-37)25-18-26-45(49)38-21-11-8-12-22-38;/h7-31,34H,35-36H2,1-6H3;/q-2;+2. The first kappa shape index (κ1) is 41.9. The van der Waals surface area contributed by atoms with Gasteiger partial charge >= 0.3 is 21.1 Å². The summed E-state index contributed by atoms with van der Waals surface area (Å²) in [7, 11) is -3.69. The molecule has 0 radical (unpaired) electrons. The average Bonchev–Trinajstić information content (AvgIpc) is 3.60. The molecule has 0 aliphatic rings. The number of rotatable bonds is 12. The first-order valence-corrected chi connectivity index (χ1v) is 27.4. The number of fused-ring (bicyclic) bond motifs is 1. The molecule has 8 rings (SSSR count). The number of aromatic nitrogens is 3. The van der Waals surface area contributed by atoms with E-state index in [1.54, 1.807) is 6.20 Å². The second-order valence-corrected chi connectivity index (χ2v) is 28.5. The second-order valence-electron chi connectivity index (χ2n) is 17.5. The Morgan fingerprint density at radius 1 is 0.610 bits per heavy atom. The number of hydrogen-bond donors (Lipinski definition) is 0. The first-order chi connectivity index (χ1) is 27.8. The van der Waals surface area contributed by atoms with Crippen LogP contribution in [0.3, 0.4) is 0 Å². The third kappa shape index (κ3) is 9.49. The van der Waals surface area contributed by atoms with Gasteiger partial charge in [0.25, 0.3) is 0 Å². The molecule has 0 aliphatic carbocycles. The zero-order chi connectivity index (χ0) is 40.5. The van der Waals surface area contributed by atoms with Crippen LogP contribution in [0.5, 0.6) is 11.5 Å². The van der Waals surface area contributed by atoms with Crippen LogP contribution in [0, 0.1) is 12.1 Å². The Hall–Kier alpha value is -5.21. The monoisotopic (exact) mass is 988 g/mol. The zero-order valence-corrected chi connectivity index (χ0v) is 38.6. The summed E-state index contributed by atoms with van der Waals surface area (Å²) in [6.45, 7) is 13.5. The van der Waals surface area contributed by atoms with E-state index >= 15 is 4.39 Å². The van der Waals surface area contributed by atoms with Gasteiger partial charge in [0.2, 0.25) is 0 Å². The van der Waals surface area contributed by atoms with E-state index in [9.17, 15) is 0 Å². The minimum atomic E-state index is -1.84. The molecule has 2 aromatic heterocycles. The zero-order valence-electron chi connectivity index (χ0n) is 34.4. The number of para-hydroxylation sites is 3. The van der Waals surface area contributed by atoms with Crippen LogP contribution >= 0.6 is 0 Å². The van der Waals surface area contributed by atoms with Gasteiger partial charge in [-0.1, -0.05) is 166 Å². The molecule has 0 N–H and O–H groups in total. The number of nitrogens with zero attached hydrogens (tertiary/aromatic N) is 3. The molecule has 0 fully saturated rings. The summed E-state index contributed by atoms with van der Waals surface area (Å²) in [5, 5.41) is 0. The number of benzene rings is 6. The molecule has 8 heteroatoms. The maximum Gasteiger partial charge on any atom is 2.00 e. The van der Waals surface area contributed by atoms with E-state index in [1.165, 1.54) is 0 Å². The molecule has 0 aliphatic heterocycles. The number of pyridine rings is 1. The normalized spacial score (nSPS) is 12.0. The SMILES string of the molecule is C[Si](C)(C)CC(F)(C[Si](C)(C)C)c1cc(Oc2[c-]c(-c3nc4ccccc4n3-c3c(-c4ccccc4)cccc3-c3ccccc3)ccc2)[c-]c(-c2ccccn2)c1.[Pt+2]. The Kier molecular flexibility index (Phi) is 12.2. The molecule has 0 saturated heterocycles. The molecule has 59 heavy (non-hydrogen) atoms. The molecule has 2 heterocycles. The Labute approximate surface area is 364 Å². The van der Waals surface area contributed by atoms with Gasteiger partial charge in [-0.3, -0.25) is 4.98 Å². The van der Waals surface area contributed by atoms with Crippen molar-refractivity contribution in [2.24, 2.45) is 0 Å². The molecule has 0 saturated carbocycles.